The normalized spacial score (nSPS) is 9.33. The molecule has 0 radical (unpaired) electrons. The fourth-order valence-electron chi connectivity index (χ4n) is 1.48. The Morgan fingerprint density at radius 3 is 2.62 bits per heavy atom. The minimum Gasteiger partial charge on any atom is -0.452 e. The van der Waals surface area contributed by atoms with Crippen LogP contribution in [0.3, 0.4) is 0 Å². The van der Waals surface area contributed by atoms with Gasteiger partial charge < -0.3 is 9.47 Å². The van der Waals surface area contributed by atoms with Gasteiger partial charge in [-0.3, -0.25) is 10.1 Å². The fraction of sp³-hybridized carbons (Fsp3) is 0.286. The Morgan fingerprint density at radius 1 is 1.24 bits per heavy atom. The van der Waals surface area contributed by atoms with Gasteiger partial charge in [-0.2, -0.15) is 5.26 Å². The summed E-state index contributed by atoms with van der Waals surface area (Å²) in [5, 5.41) is 10.6. The predicted molar refractivity (Wildman–Crippen MR) is 71.2 cm³/mol. The molecule has 7 heteroatoms. The first-order chi connectivity index (χ1) is 10.1. The molecule has 0 saturated carbocycles. The zero-order chi connectivity index (χ0) is 15.7. The molecule has 0 aliphatic carbocycles. The van der Waals surface area contributed by atoms with E-state index in [-0.39, 0.29) is 18.6 Å². The summed E-state index contributed by atoms with van der Waals surface area (Å²) in [6.07, 6.45) is -0.844. The Kier molecular flexibility index (Phi) is 6.41. The Labute approximate surface area is 121 Å². The number of esters is 1. The number of nitrogens with zero attached hydrogens (tertiary/aromatic N) is 1. The second kappa shape index (κ2) is 8.32. The maximum absolute atomic E-state index is 11.8. The summed E-state index contributed by atoms with van der Waals surface area (Å²) < 4.78 is 9.30. The van der Waals surface area contributed by atoms with Crippen LogP contribution in [0.15, 0.2) is 24.3 Å². The van der Waals surface area contributed by atoms with Crippen LogP contribution in [0, 0.1) is 11.3 Å². The largest absolute Gasteiger partial charge is 0.452 e. The van der Waals surface area contributed by atoms with E-state index in [4.69, 9.17) is 10.00 Å². The molecule has 7 nitrogen and oxygen atoms in total. The monoisotopic (exact) mass is 290 g/mol. The van der Waals surface area contributed by atoms with Gasteiger partial charge in [-0.25, -0.2) is 9.59 Å². The van der Waals surface area contributed by atoms with Crippen LogP contribution in [-0.4, -0.2) is 31.2 Å². The number of hydrogen-bond acceptors (Lipinski definition) is 6. The molecule has 0 atom stereocenters. The molecule has 0 aliphatic heterocycles. The number of alkyl carbamates (subject to hydrolysis) is 1. The Balaban J connectivity index is 2.56. The first-order valence-corrected chi connectivity index (χ1v) is 6.17. The van der Waals surface area contributed by atoms with Crippen LogP contribution in [-0.2, 0) is 20.7 Å². The highest BCUT2D eigenvalue weighted by Gasteiger charge is 2.15. The second-order valence-corrected chi connectivity index (χ2v) is 3.84. The first kappa shape index (κ1) is 16.2. The van der Waals surface area contributed by atoms with Crippen molar-refractivity contribution < 1.29 is 23.9 Å². The molecule has 1 rings (SSSR count). The number of benzene rings is 1. The van der Waals surface area contributed by atoms with Crippen LogP contribution in [0.5, 0.6) is 0 Å². The quantitative estimate of drug-likeness (QED) is 0.816. The van der Waals surface area contributed by atoms with Gasteiger partial charge in [-0.15, -0.1) is 0 Å². The highest BCUT2D eigenvalue weighted by molar-refractivity contribution is 5.96. The van der Waals surface area contributed by atoms with Gasteiger partial charge in [0.05, 0.1) is 24.7 Å². The minimum atomic E-state index is -0.900. The summed E-state index contributed by atoms with van der Waals surface area (Å²) >= 11 is 0. The summed E-state index contributed by atoms with van der Waals surface area (Å²) in [7, 11) is 0. The Morgan fingerprint density at radius 2 is 1.95 bits per heavy atom. The molecule has 1 aromatic rings. The van der Waals surface area contributed by atoms with Crippen LogP contribution < -0.4 is 5.32 Å². The number of hydrogen-bond donors (Lipinski definition) is 1. The van der Waals surface area contributed by atoms with E-state index in [0.29, 0.717) is 5.56 Å². The standard InChI is InChI=1S/C14H14N2O5/c1-2-20-14(19)16-12(17)9-21-13(18)11-6-4-3-5-10(11)7-8-15/h3-6H,2,7,9H2,1H3,(H,16,17,19). The summed E-state index contributed by atoms with van der Waals surface area (Å²) in [6.45, 7) is 1.11. The van der Waals surface area contributed by atoms with Gasteiger partial charge in [0, 0.05) is 0 Å². The van der Waals surface area contributed by atoms with Crippen molar-refractivity contribution in [2.75, 3.05) is 13.2 Å². The summed E-state index contributed by atoms with van der Waals surface area (Å²) in [5.41, 5.74) is 0.721. The van der Waals surface area contributed by atoms with E-state index in [0.717, 1.165) is 0 Å². The lowest BCUT2D eigenvalue weighted by Crippen LogP contribution is -2.34. The van der Waals surface area contributed by atoms with Crippen molar-refractivity contribution in [3.63, 3.8) is 0 Å². The molecule has 110 valence electrons. The molecule has 0 bridgehead atoms. The van der Waals surface area contributed by atoms with Crippen LogP contribution in [0.2, 0.25) is 0 Å². The van der Waals surface area contributed by atoms with Gasteiger partial charge >= 0.3 is 12.1 Å². The van der Waals surface area contributed by atoms with Gasteiger partial charge in [-0.05, 0) is 18.6 Å². The van der Waals surface area contributed by atoms with Crippen molar-refractivity contribution in [3.05, 3.63) is 35.4 Å². The number of nitrogens with one attached hydrogen (secondary N) is 1. The number of ether oxygens (including phenoxy) is 2. The van der Waals surface area contributed by atoms with Crippen molar-refractivity contribution in [2.24, 2.45) is 0 Å². The minimum absolute atomic E-state index is 0.0558. The lowest BCUT2D eigenvalue weighted by Gasteiger charge is -2.07. The van der Waals surface area contributed by atoms with Crippen molar-refractivity contribution in [1.82, 2.24) is 5.32 Å². The summed E-state index contributed by atoms with van der Waals surface area (Å²) in [5.74, 6) is -1.53. The molecule has 21 heavy (non-hydrogen) atoms. The number of carbonyl (C=O) groups excluding carboxylic acids is 3. The van der Waals surface area contributed by atoms with E-state index in [1.165, 1.54) is 6.07 Å². The number of amides is 2. The highest BCUT2D eigenvalue weighted by atomic mass is 16.6. The van der Waals surface area contributed by atoms with E-state index in [1.807, 2.05) is 11.4 Å². The number of imide groups is 1. The molecule has 1 aromatic carbocycles. The molecule has 0 unspecified atom stereocenters. The van der Waals surface area contributed by atoms with E-state index in [1.54, 1.807) is 25.1 Å². The van der Waals surface area contributed by atoms with Gasteiger partial charge in [0.15, 0.2) is 6.61 Å². The smallest absolute Gasteiger partial charge is 0.413 e. The topological polar surface area (TPSA) is 105 Å². The summed E-state index contributed by atoms with van der Waals surface area (Å²) in [6, 6.07) is 8.37. The highest BCUT2D eigenvalue weighted by Crippen LogP contribution is 2.10. The molecule has 0 spiro atoms. The number of nitriles is 1. The van der Waals surface area contributed by atoms with Gasteiger partial charge in [0.1, 0.15) is 0 Å². The first-order valence-electron chi connectivity index (χ1n) is 6.17. The van der Waals surface area contributed by atoms with Crippen molar-refractivity contribution >= 4 is 18.0 Å². The lowest BCUT2D eigenvalue weighted by atomic mass is 10.1. The molecule has 0 heterocycles. The van der Waals surface area contributed by atoms with Gasteiger partial charge in [-0.1, -0.05) is 18.2 Å². The molecule has 1 N–H and O–H groups in total. The average Bonchev–Trinajstić information content (AvgIpc) is 2.46. The molecule has 0 aliphatic rings. The fourth-order valence-corrected chi connectivity index (χ4v) is 1.48. The van der Waals surface area contributed by atoms with Crippen LogP contribution in [0.1, 0.15) is 22.8 Å². The molecular formula is C14H14N2O5. The second-order valence-electron chi connectivity index (χ2n) is 3.84. The van der Waals surface area contributed by atoms with E-state index in [2.05, 4.69) is 4.74 Å². The molecule has 2 amide bonds. The van der Waals surface area contributed by atoms with E-state index >= 15 is 0 Å². The van der Waals surface area contributed by atoms with Gasteiger partial charge in [0.25, 0.3) is 5.91 Å². The Bertz CT molecular complexity index is 577. The molecule has 0 saturated heterocycles. The maximum Gasteiger partial charge on any atom is 0.413 e. The molecular weight excluding hydrogens is 276 g/mol. The molecule has 0 fully saturated rings. The predicted octanol–water partition coefficient (Wildman–Crippen LogP) is 1.18. The SMILES string of the molecule is CCOC(=O)NC(=O)COC(=O)c1ccccc1CC#N. The zero-order valence-electron chi connectivity index (χ0n) is 11.4. The van der Waals surface area contributed by atoms with Crippen LogP contribution >= 0.6 is 0 Å². The third kappa shape index (κ3) is 5.32. The Hall–Kier alpha value is -2.88. The zero-order valence-corrected chi connectivity index (χ0v) is 11.4. The lowest BCUT2D eigenvalue weighted by molar-refractivity contribution is -0.123. The van der Waals surface area contributed by atoms with Crippen LogP contribution in [0.25, 0.3) is 0 Å². The van der Waals surface area contributed by atoms with Crippen LogP contribution in [0.4, 0.5) is 4.79 Å². The van der Waals surface area contributed by atoms with Crippen molar-refractivity contribution in [1.29, 1.82) is 5.26 Å². The average molecular weight is 290 g/mol. The maximum atomic E-state index is 11.8. The van der Waals surface area contributed by atoms with E-state index in [9.17, 15) is 14.4 Å². The van der Waals surface area contributed by atoms with Gasteiger partial charge in [0.2, 0.25) is 0 Å². The molecule has 0 aromatic heterocycles. The van der Waals surface area contributed by atoms with Crippen molar-refractivity contribution in [3.8, 4) is 6.07 Å². The summed E-state index contributed by atoms with van der Waals surface area (Å²) in [4.78, 5) is 34.1. The van der Waals surface area contributed by atoms with Crippen molar-refractivity contribution in [2.45, 2.75) is 13.3 Å². The number of carbonyl (C=O) groups is 3. The van der Waals surface area contributed by atoms with E-state index < -0.39 is 24.6 Å². The third-order valence-corrected chi connectivity index (χ3v) is 2.36. The third-order valence-electron chi connectivity index (χ3n) is 2.36. The number of rotatable bonds is 5.